The number of hydrogen-bond donors (Lipinski definition) is 1. The van der Waals surface area contributed by atoms with Crippen LogP contribution in [0.1, 0.15) is 11.1 Å². The maximum absolute atomic E-state index is 12.8. The Bertz CT molecular complexity index is 555. The third-order valence-corrected chi connectivity index (χ3v) is 3.62. The van der Waals surface area contributed by atoms with Crippen molar-refractivity contribution in [2.24, 2.45) is 0 Å². The molecule has 0 bridgehead atoms. The summed E-state index contributed by atoms with van der Waals surface area (Å²) in [7, 11) is 2.03. The van der Waals surface area contributed by atoms with E-state index in [1.165, 1.54) is 17.7 Å². The van der Waals surface area contributed by atoms with Gasteiger partial charge in [-0.1, -0.05) is 34.1 Å². The Balaban J connectivity index is 2.01. The van der Waals surface area contributed by atoms with Gasteiger partial charge in [0.1, 0.15) is 5.82 Å². The fraction of sp³-hybridized carbons (Fsp3) is 0.200. The van der Waals surface area contributed by atoms with Gasteiger partial charge in [0, 0.05) is 23.2 Å². The van der Waals surface area contributed by atoms with E-state index >= 15 is 0 Å². The second-order valence-corrected chi connectivity index (χ2v) is 5.50. The Morgan fingerprint density at radius 3 is 2.42 bits per heavy atom. The van der Waals surface area contributed by atoms with E-state index in [9.17, 15) is 4.39 Å². The number of hydrogen-bond acceptors (Lipinski definition) is 2. The minimum atomic E-state index is -0.201. The molecule has 0 radical (unpaired) electrons. The zero-order valence-electron chi connectivity index (χ0n) is 10.7. The van der Waals surface area contributed by atoms with Gasteiger partial charge in [-0.15, -0.1) is 0 Å². The van der Waals surface area contributed by atoms with E-state index in [1.54, 1.807) is 0 Å². The van der Waals surface area contributed by atoms with Gasteiger partial charge in [0.2, 0.25) is 0 Å². The van der Waals surface area contributed by atoms with Gasteiger partial charge < -0.3 is 5.73 Å². The van der Waals surface area contributed by atoms with Crippen LogP contribution in [-0.4, -0.2) is 11.9 Å². The molecule has 100 valence electrons. The Morgan fingerprint density at radius 2 is 1.79 bits per heavy atom. The first-order chi connectivity index (χ1) is 9.04. The maximum atomic E-state index is 12.8. The first-order valence-corrected chi connectivity index (χ1v) is 6.81. The lowest BCUT2D eigenvalue weighted by Crippen LogP contribution is -2.17. The summed E-state index contributed by atoms with van der Waals surface area (Å²) in [4.78, 5) is 2.17. The lowest BCUT2D eigenvalue weighted by atomic mass is 10.1. The molecule has 0 aliphatic carbocycles. The summed E-state index contributed by atoms with van der Waals surface area (Å²) < 4.78 is 13.8. The van der Waals surface area contributed by atoms with Gasteiger partial charge in [-0.05, 0) is 42.4 Å². The number of nitrogens with zero attached hydrogens (tertiary/aromatic N) is 1. The van der Waals surface area contributed by atoms with Gasteiger partial charge in [0.05, 0.1) is 0 Å². The van der Waals surface area contributed by atoms with Crippen LogP contribution in [-0.2, 0) is 13.1 Å². The molecule has 0 fully saturated rings. The van der Waals surface area contributed by atoms with Gasteiger partial charge in [0.25, 0.3) is 0 Å². The van der Waals surface area contributed by atoms with Crippen LogP contribution in [0.5, 0.6) is 0 Å². The van der Waals surface area contributed by atoms with Gasteiger partial charge in [-0.2, -0.15) is 0 Å². The van der Waals surface area contributed by atoms with Crippen molar-refractivity contribution in [3.05, 3.63) is 63.9 Å². The number of nitrogens with two attached hydrogens (primary N) is 1. The summed E-state index contributed by atoms with van der Waals surface area (Å²) in [6, 6.07) is 12.4. The van der Waals surface area contributed by atoms with Crippen LogP contribution < -0.4 is 5.73 Å². The lowest BCUT2D eigenvalue weighted by molar-refractivity contribution is 0.318. The predicted octanol–water partition coefficient (Wildman–Crippen LogP) is 3.80. The number of nitrogen functional groups attached to an aromatic ring is 1. The van der Waals surface area contributed by atoms with Crippen molar-refractivity contribution in [3.8, 4) is 0 Å². The molecule has 0 aliphatic heterocycles. The molecule has 19 heavy (non-hydrogen) atoms. The molecule has 2 N–H and O–H groups in total. The third-order valence-electron chi connectivity index (χ3n) is 2.88. The van der Waals surface area contributed by atoms with Crippen LogP contribution in [0.15, 0.2) is 46.9 Å². The summed E-state index contributed by atoms with van der Waals surface area (Å²) in [6.07, 6.45) is 0. The molecule has 2 rings (SSSR count). The Labute approximate surface area is 121 Å². The maximum Gasteiger partial charge on any atom is 0.123 e. The first-order valence-electron chi connectivity index (χ1n) is 6.01. The summed E-state index contributed by atoms with van der Waals surface area (Å²) in [5, 5.41) is 0. The van der Waals surface area contributed by atoms with E-state index in [-0.39, 0.29) is 5.82 Å². The van der Waals surface area contributed by atoms with Crippen molar-refractivity contribution in [1.82, 2.24) is 4.90 Å². The third kappa shape index (κ3) is 4.04. The minimum Gasteiger partial charge on any atom is -0.399 e. The first kappa shape index (κ1) is 14.0. The van der Waals surface area contributed by atoms with Crippen LogP contribution in [0.25, 0.3) is 0 Å². The molecule has 0 atom stereocenters. The van der Waals surface area contributed by atoms with Gasteiger partial charge in [-0.3, -0.25) is 4.90 Å². The molecule has 0 saturated heterocycles. The molecule has 0 spiro atoms. The lowest BCUT2D eigenvalue weighted by Gasteiger charge is -2.18. The molecular formula is C15H16BrFN2. The molecule has 2 nitrogen and oxygen atoms in total. The fourth-order valence-electron chi connectivity index (χ4n) is 1.94. The van der Waals surface area contributed by atoms with Crippen molar-refractivity contribution >= 4 is 21.6 Å². The highest BCUT2D eigenvalue weighted by atomic mass is 79.9. The number of halogens is 2. The monoisotopic (exact) mass is 322 g/mol. The summed E-state index contributed by atoms with van der Waals surface area (Å²) >= 11 is 3.51. The van der Waals surface area contributed by atoms with Gasteiger partial charge >= 0.3 is 0 Å². The molecule has 2 aromatic rings. The molecular weight excluding hydrogens is 307 g/mol. The van der Waals surface area contributed by atoms with E-state index < -0.39 is 0 Å². The summed E-state index contributed by atoms with van der Waals surface area (Å²) in [5.74, 6) is -0.201. The zero-order chi connectivity index (χ0) is 13.8. The second-order valence-electron chi connectivity index (χ2n) is 4.65. The number of rotatable bonds is 4. The molecule has 4 heteroatoms. The summed E-state index contributed by atoms with van der Waals surface area (Å²) in [6.45, 7) is 1.58. The zero-order valence-corrected chi connectivity index (χ0v) is 12.3. The van der Waals surface area contributed by atoms with Crippen molar-refractivity contribution in [2.75, 3.05) is 12.8 Å². The van der Waals surface area contributed by atoms with Crippen LogP contribution >= 0.6 is 15.9 Å². The van der Waals surface area contributed by atoms with E-state index in [1.807, 2.05) is 37.4 Å². The highest BCUT2D eigenvalue weighted by Crippen LogP contribution is 2.21. The number of anilines is 1. The average molecular weight is 323 g/mol. The minimum absolute atomic E-state index is 0.201. The molecule has 0 aromatic heterocycles. The molecule has 0 amide bonds. The molecule has 0 saturated carbocycles. The predicted molar refractivity (Wildman–Crippen MR) is 80.1 cm³/mol. The molecule has 0 heterocycles. The molecule has 0 unspecified atom stereocenters. The van der Waals surface area contributed by atoms with Crippen molar-refractivity contribution in [3.63, 3.8) is 0 Å². The smallest absolute Gasteiger partial charge is 0.123 e. The second kappa shape index (κ2) is 6.17. The SMILES string of the molecule is CN(Cc1ccc(F)cc1)Cc1ccc(N)cc1Br. The number of benzene rings is 2. The van der Waals surface area contributed by atoms with Gasteiger partial charge in [-0.25, -0.2) is 4.39 Å². The van der Waals surface area contributed by atoms with Crippen LogP contribution in [0, 0.1) is 5.82 Å². The fourth-order valence-corrected chi connectivity index (χ4v) is 2.46. The standard InChI is InChI=1S/C15H16BrFN2/c1-19(9-11-2-5-13(17)6-3-11)10-12-4-7-14(18)8-15(12)16/h2-8H,9-10,18H2,1H3. The largest absolute Gasteiger partial charge is 0.399 e. The Kier molecular flexibility index (Phi) is 4.56. The van der Waals surface area contributed by atoms with Crippen molar-refractivity contribution in [1.29, 1.82) is 0 Å². The highest BCUT2D eigenvalue weighted by molar-refractivity contribution is 9.10. The van der Waals surface area contributed by atoms with Crippen molar-refractivity contribution < 1.29 is 4.39 Å². The normalized spacial score (nSPS) is 10.9. The quantitative estimate of drug-likeness (QED) is 0.867. The molecule has 2 aromatic carbocycles. The average Bonchev–Trinajstić information content (AvgIpc) is 2.36. The van der Waals surface area contributed by atoms with Gasteiger partial charge in [0.15, 0.2) is 0 Å². The summed E-state index contributed by atoms with van der Waals surface area (Å²) in [5.41, 5.74) is 8.74. The Hall–Kier alpha value is -1.39. The van der Waals surface area contributed by atoms with E-state index in [2.05, 4.69) is 20.8 Å². The van der Waals surface area contributed by atoms with Crippen molar-refractivity contribution in [2.45, 2.75) is 13.1 Å². The Morgan fingerprint density at radius 1 is 1.11 bits per heavy atom. The van der Waals surface area contributed by atoms with Crippen LogP contribution in [0.2, 0.25) is 0 Å². The van der Waals surface area contributed by atoms with Crippen LogP contribution in [0.4, 0.5) is 10.1 Å². The molecule has 0 aliphatic rings. The van der Waals surface area contributed by atoms with E-state index in [4.69, 9.17) is 5.73 Å². The topological polar surface area (TPSA) is 29.3 Å². The van der Waals surface area contributed by atoms with Crippen LogP contribution in [0.3, 0.4) is 0 Å². The van der Waals surface area contributed by atoms with E-state index in [0.29, 0.717) is 0 Å². The highest BCUT2D eigenvalue weighted by Gasteiger charge is 2.05. The van der Waals surface area contributed by atoms with E-state index in [0.717, 1.165) is 28.8 Å².